The molecular weight excluding hydrogens is 200 g/mol. The fourth-order valence-corrected chi connectivity index (χ4v) is 2.05. The number of rotatable bonds is 5. The van der Waals surface area contributed by atoms with E-state index in [1.807, 2.05) is 11.6 Å². The second kappa shape index (κ2) is 5.80. The quantitative estimate of drug-likeness (QED) is 0.607. The van der Waals surface area contributed by atoms with Crippen LogP contribution in [0.1, 0.15) is 37.9 Å². The van der Waals surface area contributed by atoms with Gasteiger partial charge < -0.3 is 9.88 Å². The minimum absolute atomic E-state index is 0.809. The first-order chi connectivity index (χ1) is 7.86. The Hall–Kier alpha value is -1.16. The van der Waals surface area contributed by atoms with Crippen LogP contribution >= 0.6 is 0 Å². The fourth-order valence-electron chi connectivity index (χ4n) is 2.05. The number of nitrogens with one attached hydrogen (secondary N) is 1. The summed E-state index contributed by atoms with van der Waals surface area (Å²) in [6.07, 6.45) is 10.6. The number of hydrogen-bond donors (Lipinski definition) is 1. The summed E-state index contributed by atoms with van der Waals surface area (Å²) in [5, 5.41) is 11.3. The number of aryl methyl sites for hydroxylation is 1. The maximum atomic E-state index is 4.04. The van der Waals surface area contributed by atoms with E-state index in [4.69, 9.17) is 0 Å². The second-order valence-corrected chi connectivity index (χ2v) is 4.39. The van der Waals surface area contributed by atoms with Gasteiger partial charge in [0.25, 0.3) is 0 Å². The Morgan fingerprint density at radius 3 is 3.06 bits per heavy atom. The van der Waals surface area contributed by atoms with E-state index in [0.29, 0.717) is 0 Å². The first kappa shape index (κ1) is 11.3. The number of nitrogens with zero attached hydrogens (tertiary/aromatic N) is 3. The zero-order valence-corrected chi connectivity index (χ0v) is 9.95. The highest BCUT2D eigenvalue weighted by molar-refractivity contribution is 5.05. The zero-order valence-electron chi connectivity index (χ0n) is 9.95. The van der Waals surface area contributed by atoms with Gasteiger partial charge in [-0.15, -0.1) is 10.2 Å². The van der Waals surface area contributed by atoms with E-state index in [-0.39, 0.29) is 0 Å². The molecule has 88 valence electrons. The minimum Gasteiger partial charge on any atom is -0.320 e. The number of aromatic nitrogens is 3. The maximum Gasteiger partial charge on any atom is 0.146 e. The van der Waals surface area contributed by atoms with Gasteiger partial charge in [0.1, 0.15) is 12.2 Å². The van der Waals surface area contributed by atoms with E-state index < -0.39 is 0 Å². The molecule has 1 aromatic rings. The van der Waals surface area contributed by atoms with Crippen LogP contribution in [-0.4, -0.2) is 21.3 Å². The molecule has 1 aliphatic carbocycles. The van der Waals surface area contributed by atoms with Crippen LogP contribution < -0.4 is 5.32 Å². The van der Waals surface area contributed by atoms with E-state index in [0.717, 1.165) is 18.9 Å². The number of hydrogen-bond acceptors (Lipinski definition) is 3. The molecule has 0 aliphatic heterocycles. The van der Waals surface area contributed by atoms with E-state index in [9.17, 15) is 0 Å². The lowest BCUT2D eigenvalue weighted by Crippen LogP contribution is -2.18. The fraction of sp³-hybridized carbons (Fsp3) is 0.667. The van der Waals surface area contributed by atoms with Crippen LogP contribution in [0.3, 0.4) is 0 Å². The van der Waals surface area contributed by atoms with Crippen LogP contribution in [0.15, 0.2) is 18.0 Å². The average molecular weight is 220 g/mol. The van der Waals surface area contributed by atoms with Crippen molar-refractivity contribution in [2.75, 3.05) is 6.54 Å². The SMILES string of the molecule is Cn1cnnc1CNCCC1=CCCCC1. The van der Waals surface area contributed by atoms with Gasteiger partial charge in [0.15, 0.2) is 0 Å². The minimum atomic E-state index is 0.809. The number of allylic oxidation sites excluding steroid dienone is 1. The third-order valence-electron chi connectivity index (χ3n) is 3.10. The standard InChI is InChI=1S/C12H20N4/c1-16-10-14-15-12(16)9-13-8-7-11-5-3-2-4-6-11/h5,10,13H,2-4,6-9H2,1H3. The molecule has 0 fully saturated rings. The Morgan fingerprint density at radius 2 is 2.38 bits per heavy atom. The van der Waals surface area contributed by atoms with E-state index in [2.05, 4.69) is 21.6 Å². The highest BCUT2D eigenvalue weighted by Gasteiger charge is 2.03. The van der Waals surface area contributed by atoms with Crippen LogP contribution in [0.2, 0.25) is 0 Å². The average Bonchev–Trinajstić information content (AvgIpc) is 2.72. The lowest BCUT2D eigenvalue weighted by Gasteiger charge is -2.12. The van der Waals surface area contributed by atoms with Crippen molar-refractivity contribution < 1.29 is 0 Å². The van der Waals surface area contributed by atoms with Gasteiger partial charge in [-0.1, -0.05) is 11.6 Å². The lowest BCUT2D eigenvalue weighted by molar-refractivity contribution is 0.609. The molecule has 1 aliphatic rings. The van der Waals surface area contributed by atoms with Crippen molar-refractivity contribution in [2.45, 2.75) is 38.6 Å². The van der Waals surface area contributed by atoms with Crippen molar-refractivity contribution in [3.05, 3.63) is 23.8 Å². The summed E-state index contributed by atoms with van der Waals surface area (Å²) in [5.74, 6) is 0.998. The lowest BCUT2D eigenvalue weighted by atomic mass is 9.97. The van der Waals surface area contributed by atoms with Gasteiger partial charge in [-0.2, -0.15) is 0 Å². The van der Waals surface area contributed by atoms with E-state index in [1.165, 1.54) is 32.1 Å². The predicted octanol–water partition coefficient (Wildman–Crippen LogP) is 1.80. The van der Waals surface area contributed by atoms with Crippen molar-refractivity contribution in [3.8, 4) is 0 Å². The Labute approximate surface area is 96.8 Å². The summed E-state index contributed by atoms with van der Waals surface area (Å²) < 4.78 is 1.95. The van der Waals surface area contributed by atoms with Crippen LogP contribution in [0.4, 0.5) is 0 Å². The summed E-state index contributed by atoms with van der Waals surface area (Å²) in [6.45, 7) is 1.85. The van der Waals surface area contributed by atoms with Crippen molar-refractivity contribution in [1.29, 1.82) is 0 Å². The van der Waals surface area contributed by atoms with E-state index in [1.54, 1.807) is 11.9 Å². The third kappa shape index (κ3) is 3.17. The van der Waals surface area contributed by atoms with Crippen molar-refractivity contribution in [1.82, 2.24) is 20.1 Å². The molecule has 4 nitrogen and oxygen atoms in total. The molecule has 0 spiro atoms. The van der Waals surface area contributed by atoms with Gasteiger partial charge in [0.05, 0.1) is 6.54 Å². The smallest absolute Gasteiger partial charge is 0.146 e. The summed E-state index contributed by atoms with van der Waals surface area (Å²) in [7, 11) is 1.97. The molecule has 0 radical (unpaired) electrons. The molecule has 4 heteroatoms. The monoisotopic (exact) mass is 220 g/mol. The molecule has 1 aromatic heterocycles. The molecule has 0 amide bonds. The molecule has 0 aromatic carbocycles. The largest absolute Gasteiger partial charge is 0.320 e. The van der Waals surface area contributed by atoms with Crippen LogP contribution in [-0.2, 0) is 13.6 Å². The van der Waals surface area contributed by atoms with Crippen molar-refractivity contribution in [2.24, 2.45) is 7.05 Å². The summed E-state index contributed by atoms with van der Waals surface area (Å²) >= 11 is 0. The van der Waals surface area contributed by atoms with Crippen molar-refractivity contribution >= 4 is 0 Å². The third-order valence-corrected chi connectivity index (χ3v) is 3.10. The van der Waals surface area contributed by atoms with Gasteiger partial charge in [0.2, 0.25) is 0 Å². The molecule has 0 bridgehead atoms. The van der Waals surface area contributed by atoms with Gasteiger partial charge in [-0.25, -0.2) is 0 Å². The molecule has 16 heavy (non-hydrogen) atoms. The van der Waals surface area contributed by atoms with Crippen LogP contribution in [0.25, 0.3) is 0 Å². The maximum absolute atomic E-state index is 4.04. The molecule has 0 unspecified atom stereocenters. The first-order valence-corrected chi connectivity index (χ1v) is 6.08. The van der Waals surface area contributed by atoms with Gasteiger partial charge in [-0.05, 0) is 38.6 Å². The molecular formula is C12H20N4. The van der Waals surface area contributed by atoms with Crippen LogP contribution in [0.5, 0.6) is 0 Å². The molecule has 1 N–H and O–H groups in total. The van der Waals surface area contributed by atoms with Gasteiger partial charge in [0, 0.05) is 7.05 Å². The Balaban J connectivity index is 1.65. The highest BCUT2D eigenvalue weighted by atomic mass is 15.3. The summed E-state index contributed by atoms with van der Waals surface area (Å²) in [6, 6.07) is 0. The molecule has 0 saturated heterocycles. The topological polar surface area (TPSA) is 42.7 Å². The Kier molecular flexibility index (Phi) is 4.10. The molecule has 0 atom stereocenters. The van der Waals surface area contributed by atoms with E-state index >= 15 is 0 Å². The zero-order chi connectivity index (χ0) is 11.2. The normalized spacial score (nSPS) is 16.2. The first-order valence-electron chi connectivity index (χ1n) is 6.08. The molecule has 2 rings (SSSR count). The highest BCUT2D eigenvalue weighted by Crippen LogP contribution is 2.19. The Bertz CT molecular complexity index is 354. The van der Waals surface area contributed by atoms with Gasteiger partial charge in [-0.3, -0.25) is 0 Å². The Morgan fingerprint density at radius 1 is 1.44 bits per heavy atom. The summed E-state index contributed by atoms with van der Waals surface area (Å²) in [5.41, 5.74) is 1.62. The van der Waals surface area contributed by atoms with Crippen molar-refractivity contribution in [3.63, 3.8) is 0 Å². The summed E-state index contributed by atoms with van der Waals surface area (Å²) in [4.78, 5) is 0. The predicted molar refractivity (Wildman–Crippen MR) is 63.9 cm³/mol. The molecule has 0 saturated carbocycles. The van der Waals surface area contributed by atoms with Crippen LogP contribution in [0, 0.1) is 0 Å². The second-order valence-electron chi connectivity index (χ2n) is 4.39. The van der Waals surface area contributed by atoms with Gasteiger partial charge >= 0.3 is 0 Å². The molecule has 1 heterocycles.